The summed E-state index contributed by atoms with van der Waals surface area (Å²) in [6.07, 6.45) is 2.62. The molecule has 1 saturated heterocycles. The van der Waals surface area contributed by atoms with Gasteiger partial charge in [-0.3, -0.25) is 14.9 Å². The first-order valence-corrected chi connectivity index (χ1v) is 8.29. The number of benzene rings is 1. The van der Waals surface area contributed by atoms with Crippen LogP contribution in [-0.4, -0.2) is 41.7 Å². The number of rotatable bonds is 6. The number of carbonyl (C=O) groups is 1. The quantitative estimate of drug-likeness (QED) is 0.489. The van der Waals surface area contributed by atoms with E-state index in [1.54, 1.807) is 12.1 Å². The second-order valence-corrected chi connectivity index (χ2v) is 6.33. The molecule has 3 atom stereocenters. The molecule has 1 aromatic carbocycles. The van der Waals surface area contributed by atoms with Gasteiger partial charge in [0.25, 0.3) is 5.69 Å². The molecule has 0 bridgehead atoms. The van der Waals surface area contributed by atoms with Crippen LogP contribution < -0.4 is 5.32 Å². The summed E-state index contributed by atoms with van der Waals surface area (Å²) in [6, 6.07) is 4.51. The zero-order chi connectivity index (χ0) is 17.3. The molecule has 1 saturated carbocycles. The molecule has 3 rings (SSSR count). The van der Waals surface area contributed by atoms with Crippen LogP contribution in [0, 0.1) is 10.1 Å². The molecule has 1 aliphatic heterocycles. The highest BCUT2D eigenvalue weighted by Gasteiger charge is 2.59. The molecule has 1 spiro atoms. The molecule has 0 aromatic heterocycles. The predicted molar refractivity (Wildman–Crippen MR) is 88.5 cm³/mol. The van der Waals surface area contributed by atoms with Gasteiger partial charge in [-0.15, -0.1) is 0 Å². The van der Waals surface area contributed by atoms with Crippen LogP contribution >= 0.6 is 0 Å². The zero-order valence-corrected chi connectivity index (χ0v) is 13.9. The summed E-state index contributed by atoms with van der Waals surface area (Å²) in [5, 5.41) is 14.6. The SMILES string of the molecule is CCO[C@@H]1C[C@H](Nc2ccc(C(C)=O)cc2[N+](=O)[O-])[C@]12CCCO2. The van der Waals surface area contributed by atoms with E-state index in [2.05, 4.69) is 5.32 Å². The highest BCUT2D eigenvalue weighted by molar-refractivity contribution is 5.95. The minimum atomic E-state index is -0.463. The number of ether oxygens (including phenoxy) is 2. The largest absolute Gasteiger partial charge is 0.375 e. The van der Waals surface area contributed by atoms with E-state index in [1.165, 1.54) is 13.0 Å². The van der Waals surface area contributed by atoms with Crippen molar-refractivity contribution >= 4 is 17.2 Å². The third-order valence-electron chi connectivity index (χ3n) is 4.97. The Labute approximate surface area is 140 Å². The van der Waals surface area contributed by atoms with Crippen LogP contribution in [0.4, 0.5) is 11.4 Å². The van der Waals surface area contributed by atoms with Crippen molar-refractivity contribution in [2.45, 2.75) is 50.9 Å². The number of nitro groups is 1. The number of nitro benzene ring substituents is 1. The lowest BCUT2D eigenvalue weighted by Crippen LogP contribution is -2.66. The Morgan fingerprint density at radius 2 is 2.33 bits per heavy atom. The number of hydrogen-bond donors (Lipinski definition) is 1. The maximum atomic E-state index is 11.5. The summed E-state index contributed by atoms with van der Waals surface area (Å²) in [6.45, 7) is 4.66. The highest BCUT2D eigenvalue weighted by Crippen LogP contribution is 2.47. The van der Waals surface area contributed by atoms with Crippen molar-refractivity contribution < 1.29 is 19.2 Å². The minimum absolute atomic E-state index is 0.0260. The fourth-order valence-electron chi connectivity index (χ4n) is 3.69. The number of Topliss-reactive ketones (excluding diaryl/α,β-unsaturated/α-hetero) is 1. The highest BCUT2D eigenvalue weighted by atomic mass is 16.6. The van der Waals surface area contributed by atoms with E-state index in [9.17, 15) is 14.9 Å². The Balaban J connectivity index is 1.83. The van der Waals surface area contributed by atoms with Crippen molar-refractivity contribution in [1.82, 2.24) is 0 Å². The lowest BCUT2D eigenvalue weighted by molar-refractivity contribution is -0.384. The molecule has 7 nitrogen and oxygen atoms in total. The number of ketones is 1. The molecule has 2 fully saturated rings. The number of carbonyl (C=O) groups excluding carboxylic acids is 1. The molecule has 1 N–H and O–H groups in total. The number of nitrogens with zero attached hydrogens (tertiary/aromatic N) is 1. The second kappa shape index (κ2) is 6.49. The Kier molecular flexibility index (Phi) is 4.56. The van der Waals surface area contributed by atoms with Gasteiger partial charge < -0.3 is 14.8 Å². The molecular weight excluding hydrogens is 312 g/mol. The van der Waals surface area contributed by atoms with Gasteiger partial charge in [-0.25, -0.2) is 0 Å². The molecule has 2 aliphatic rings. The van der Waals surface area contributed by atoms with Crippen LogP contribution in [0.2, 0.25) is 0 Å². The fourth-order valence-corrected chi connectivity index (χ4v) is 3.69. The molecule has 1 aromatic rings. The molecule has 0 radical (unpaired) electrons. The van der Waals surface area contributed by atoms with Gasteiger partial charge in [0.15, 0.2) is 5.78 Å². The minimum Gasteiger partial charge on any atom is -0.375 e. The molecule has 0 amide bonds. The van der Waals surface area contributed by atoms with Crippen molar-refractivity contribution in [2.24, 2.45) is 0 Å². The third kappa shape index (κ3) is 2.78. The average molecular weight is 334 g/mol. The van der Waals surface area contributed by atoms with Gasteiger partial charge >= 0.3 is 0 Å². The summed E-state index contributed by atoms with van der Waals surface area (Å²) in [4.78, 5) is 22.4. The first-order chi connectivity index (χ1) is 11.5. The van der Waals surface area contributed by atoms with E-state index in [-0.39, 0.29) is 23.6 Å². The maximum Gasteiger partial charge on any atom is 0.293 e. The molecule has 1 heterocycles. The van der Waals surface area contributed by atoms with Gasteiger partial charge in [0.05, 0.1) is 17.1 Å². The topological polar surface area (TPSA) is 90.7 Å². The number of anilines is 1. The molecule has 7 heteroatoms. The van der Waals surface area contributed by atoms with Crippen molar-refractivity contribution in [1.29, 1.82) is 0 Å². The van der Waals surface area contributed by atoms with Crippen LogP contribution in [0.25, 0.3) is 0 Å². The average Bonchev–Trinajstić information content (AvgIpc) is 3.06. The van der Waals surface area contributed by atoms with Gasteiger partial charge in [-0.2, -0.15) is 0 Å². The van der Waals surface area contributed by atoms with E-state index in [0.717, 1.165) is 19.3 Å². The van der Waals surface area contributed by atoms with Gasteiger partial charge in [-0.1, -0.05) is 0 Å². The Bertz CT molecular complexity index is 654. The molecular formula is C17H22N2O5. The van der Waals surface area contributed by atoms with Crippen LogP contribution in [0.5, 0.6) is 0 Å². The van der Waals surface area contributed by atoms with Crippen molar-refractivity contribution in [3.8, 4) is 0 Å². The lowest BCUT2D eigenvalue weighted by atomic mass is 9.70. The van der Waals surface area contributed by atoms with Crippen molar-refractivity contribution in [3.63, 3.8) is 0 Å². The summed E-state index contributed by atoms with van der Waals surface area (Å²) >= 11 is 0. The molecule has 0 unspecified atom stereocenters. The van der Waals surface area contributed by atoms with E-state index < -0.39 is 10.5 Å². The number of nitrogens with one attached hydrogen (secondary N) is 1. The Hall–Kier alpha value is -1.99. The van der Waals surface area contributed by atoms with E-state index in [1.807, 2.05) is 6.92 Å². The van der Waals surface area contributed by atoms with Crippen LogP contribution in [0.3, 0.4) is 0 Å². The molecule has 130 valence electrons. The lowest BCUT2D eigenvalue weighted by Gasteiger charge is -2.52. The van der Waals surface area contributed by atoms with Gasteiger partial charge in [0.1, 0.15) is 11.3 Å². The summed E-state index contributed by atoms with van der Waals surface area (Å²) < 4.78 is 11.7. The monoisotopic (exact) mass is 334 g/mol. The standard InChI is InChI=1S/C17H22N2O5/c1-3-23-16-10-15(17(16)7-4-8-24-17)18-13-6-5-12(11(2)20)9-14(13)19(21)22/h5-6,9,15-16,18H,3-4,7-8,10H2,1-2H3/t15-,16+,17+/m0/s1. The normalized spacial score (nSPS) is 28.6. The van der Waals surface area contributed by atoms with Crippen LogP contribution in [-0.2, 0) is 9.47 Å². The smallest absolute Gasteiger partial charge is 0.293 e. The Morgan fingerprint density at radius 1 is 1.54 bits per heavy atom. The van der Waals surface area contributed by atoms with E-state index in [4.69, 9.17) is 9.47 Å². The van der Waals surface area contributed by atoms with Crippen LogP contribution in [0.1, 0.15) is 43.5 Å². The second-order valence-electron chi connectivity index (χ2n) is 6.33. The van der Waals surface area contributed by atoms with Gasteiger partial charge in [-0.05, 0) is 45.2 Å². The first-order valence-electron chi connectivity index (χ1n) is 8.29. The maximum absolute atomic E-state index is 11.5. The Morgan fingerprint density at radius 3 is 2.92 bits per heavy atom. The van der Waals surface area contributed by atoms with E-state index >= 15 is 0 Å². The van der Waals surface area contributed by atoms with Gasteiger partial charge in [0.2, 0.25) is 0 Å². The third-order valence-corrected chi connectivity index (χ3v) is 4.97. The predicted octanol–water partition coefficient (Wildman–Crippen LogP) is 2.94. The fraction of sp³-hybridized carbons (Fsp3) is 0.588. The van der Waals surface area contributed by atoms with Crippen LogP contribution in [0.15, 0.2) is 18.2 Å². The zero-order valence-electron chi connectivity index (χ0n) is 13.9. The van der Waals surface area contributed by atoms with Crippen molar-refractivity contribution in [2.75, 3.05) is 18.5 Å². The number of hydrogen-bond acceptors (Lipinski definition) is 6. The van der Waals surface area contributed by atoms with Gasteiger partial charge in [0, 0.05) is 24.8 Å². The van der Waals surface area contributed by atoms with Crippen molar-refractivity contribution in [3.05, 3.63) is 33.9 Å². The summed E-state index contributed by atoms with van der Waals surface area (Å²) in [7, 11) is 0. The van der Waals surface area contributed by atoms with E-state index in [0.29, 0.717) is 24.5 Å². The summed E-state index contributed by atoms with van der Waals surface area (Å²) in [5.74, 6) is -0.194. The summed E-state index contributed by atoms with van der Waals surface area (Å²) in [5.41, 5.74) is 0.263. The molecule has 1 aliphatic carbocycles. The molecule has 24 heavy (non-hydrogen) atoms. The first kappa shape index (κ1) is 16.9.